The third-order valence-electron chi connectivity index (χ3n) is 5.43. The van der Waals surface area contributed by atoms with Crippen molar-refractivity contribution < 1.29 is 28.9 Å². The van der Waals surface area contributed by atoms with Crippen LogP contribution in [0, 0.1) is 0 Å². The van der Waals surface area contributed by atoms with Crippen molar-refractivity contribution in [3.05, 3.63) is 83.4 Å². The molecule has 2 aliphatic rings. The molecule has 8 nitrogen and oxygen atoms in total. The maximum atomic E-state index is 13.2. The summed E-state index contributed by atoms with van der Waals surface area (Å²) in [6.45, 7) is 4.76. The SMILES string of the molecule is C=CCOc1cccc([C@H]2C(=C(O)c3ccc4c(c3)OCCO4)C(=O)C(=O)N2c2nccs2)c1. The molecule has 9 heteroatoms. The van der Waals surface area contributed by atoms with Gasteiger partial charge >= 0.3 is 5.91 Å². The van der Waals surface area contributed by atoms with Crippen LogP contribution in [0.25, 0.3) is 5.76 Å². The van der Waals surface area contributed by atoms with E-state index in [-0.39, 0.29) is 11.3 Å². The first kappa shape index (κ1) is 21.7. The molecular formula is C25H20N2O6S. The Morgan fingerprint density at radius 3 is 2.79 bits per heavy atom. The summed E-state index contributed by atoms with van der Waals surface area (Å²) < 4.78 is 16.8. The van der Waals surface area contributed by atoms with E-state index in [1.54, 1.807) is 60.1 Å². The molecule has 5 rings (SSSR count). The van der Waals surface area contributed by atoms with Gasteiger partial charge < -0.3 is 19.3 Å². The molecule has 3 heterocycles. The lowest BCUT2D eigenvalue weighted by Gasteiger charge is -2.23. The lowest BCUT2D eigenvalue weighted by Crippen LogP contribution is -2.29. The van der Waals surface area contributed by atoms with E-state index >= 15 is 0 Å². The molecule has 1 aromatic heterocycles. The molecule has 1 fully saturated rings. The first-order valence-corrected chi connectivity index (χ1v) is 11.4. The number of ketones is 1. The van der Waals surface area contributed by atoms with Crippen LogP contribution in [0.1, 0.15) is 17.2 Å². The Kier molecular flexibility index (Phi) is 5.77. The van der Waals surface area contributed by atoms with Crippen LogP contribution < -0.4 is 19.1 Å². The van der Waals surface area contributed by atoms with Crippen molar-refractivity contribution in [1.82, 2.24) is 4.98 Å². The summed E-state index contributed by atoms with van der Waals surface area (Å²) in [6, 6.07) is 11.0. The standard InChI is InChI=1S/C25H20N2O6S/c1-2-9-31-17-5-3-4-15(13-17)21-20(23(29)24(30)27(21)25-26-8-12-34-25)22(28)16-6-7-18-19(14-16)33-11-10-32-18/h2-8,12-14,21,28H,1,9-11H2/t21-/m0/s1. The molecule has 3 aromatic rings. The molecule has 1 N–H and O–H groups in total. The smallest absolute Gasteiger partial charge is 0.301 e. The maximum Gasteiger partial charge on any atom is 0.301 e. The number of aliphatic hydroxyl groups is 1. The monoisotopic (exact) mass is 476 g/mol. The number of benzene rings is 2. The zero-order valence-corrected chi connectivity index (χ0v) is 18.8. The number of carbonyl (C=O) groups is 2. The van der Waals surface area contributed by atoms with Gasteiger partial charge in [0.25, 0.3) is 5.78 Å². The van der Waals surface area contributed by atoms with Crippen LogP contribution in [0.15, 0.2) is 72.3 Å². The van der Waals surface area contributed by atoms with E-state index < -0.39 is 17.7 Å². The third kappa shape index (κ3) is 3.80. The van der Waals surface area contributed by atoms with Gasteiger partial charge in [-0.1, -0.05) is 24.8 Å². The molecule has 0 saturated carbocycles. The summed E-state index contributed by atoms with van der Waals surface area (Å²) >= 11 is 1.23. The number of carbonyl (C=O) groups excluding carboxylic acids is 2. The Hall–Kier alpha value is -4.11. The quantitative estimate of drug-likeness (QED) is 0.247. The minimum absolute atomic E-state index is 0.0438. The molecule has 2 aliphatic heterocycles. The predicted octanol–water partition coefficient (Wildman–Crippen LogP) is 4.11. The number of rotatable bonds is 6. The van der Waals surface area contributed by atoms with E-state index in [9.17, 15) is 14.7 Å². The van der Waals surface area contributed by atoms with Crippen LogP contribution in [-0.2, 0) is 9.59 Å². The molecule has 0 aliphatic carbocycles. The van der Waals surface area contributed by atoms with Gasteiger partial charge in [0.1, 0.15) is 31.3 Å². The van der Waals surface area contributed by atoms with E-state index in [0.717, 1.165) is 0 Å². The van der Waals surface area contributed by atoms with Crippen molar-refractivity contribution in [3.63, 3.8) is 0 Å². The highest BCUT2D eigenvalue weighted by Gasteiger charge is 2.48. The highest BCUT2D eigenvalue weighted by molar-refractivity contribution is 7.14. The molecule has 2 aromatic carbocycles. The fourth-order valence-corrected chi connectivity index (χ4v) is 4.62. The van der Waals surface area contributed by atoms with Gasteiger partial charge in [-0.3, -0.25) is 14.5 Å². The number of thiazole rings is 1. The van der Waals surface area contributed by atoms with Crippen molar-refractivity contribution in [2.45, 2.75) is 6.04 Å². The number of Topliss-reactive ketones (excluding diaryl/α,β-unsaturated/α-hetero) is 1. The molecule has 0 spiro atoms. The Morgan fingerprint density at radius 2 is 2.03 bits per heavy atom. The number of ether oxygens (including phenoxy) is 3. The number of amides is 1. The van der Waals surface area contributed by atoms with E-state index in [1.807, 2.05) is 0 Å². The second-order valence-electron chi connectivity index (χ2n) is 7.51. The van der Waals surface area contributed by atoms with Crippen molar-refractivity contribution in [1.29, 1.82) is 0 Å². The van der Waals surface area contributed by atoms with E-state index in [1.165, 1.54) is 16.2 Å². The summed E-state index contributed by atoms with van der Waals surface area (Å²) in [5, 5.41) is 13.4. The highest BCUT2D eigenvalue weighted by atomic mass is 32.1. The minimum atomic E-state index is -0.897. The average Bonchev–Trinajstić information content (AvgIpc) is 3.49. The first-order chi connectivity index (χ1) is 16.6. The van der Waals surface area contributed by atoms with Crippen LogP contribution in [0.2, 0.25) is 0 Å². The zero-order valence-electron chi connectivity index (χ0n) is 18.0. The van der Waals surface area contributed by atoms with Gasteiger partial charge in [0.05, 0.1) is 11.6 Å². The van der Waals surface area contributed by atoms with Crippen molar-refractivity contribution >= 4 is 33.9 Å². The van der Waals surface area contributed by atoms with Gasteiger partial charge in [0.2, 0.25) is 0 Å². The van der Waals surface area contributed by atoms with Crippen LogP contribution >= 0.6 is 11.3 Å². The molecular weight excluding hydrogens is 456 g/mol. The normalized spacial score (nSPS) is 18.7. The zero-order chi connectivity index (χ0) is 23.7. The van der Waals surface area contributed by atoms with Gasteiger partial charge in [-0.2, -0.15) is 0 Å². The Labute approximate surface area is 199 Å². The first-order valence-electron chi connectivity index (χ1n) is 10.5. The molecule has 0 bridgehead atoms. The third-order valence-corrected chi connectivity index (χ3v) is 6.20. The van der Waals surface area contributed by atoms with Crippen molar-refractivity contribution in [3.8, 4) is 17.2 Å². The second kappa shape index (κ2) is 9.03. The summed E-state index contributed by atoms with van der Waals surface area (Å²) in [4.78, 5) is 31.9. The second-order valence-corrected chi connectivity index (χ2v) is 8.39. The molecule has 172 valence electrons. The van der Waals surface area contributed by atoms with E-state index in [2.05, 4.69) is 11.6 Å². The van der Waals surface area contributed by atoms with Gasteiger partial charge in [-0.15, -0.1) is 11.3 Å². The fraction of sp³-hybridized carbons (Fsp3) is 0.160. The summed E-state index contributed by atoms with van der Waals surface area (Å²) in [7, 11) is 0. The molecule has 1 atom stereocenters. The summed E-state index contributed by atoms with van der Waals surface area (Å²) in [5.41, 5.74) is 0.887. The lowest BCUT2D eigenvalue weighted by molar-refractivity contribution is -0.132. The van der Waals surface area contributed by atoms with Crippen LogP contribution in [0.4, 0.5) is 5.13 Å². The summed E-state index contributed by atoms with van der Waals surface area (Å²) in [6.07, 6.45) is 3.18. The van der Waals surface area contributed by atoms with Crippen LogP contribution in [-0.4, -0.2) is 41.6 Å². The maximum absolute atomic E-state index is 13.2. The van der Waals surface area contributed by atoms with E-state index in [4.69, 9.17) is 14.2 Å². The van der Waals surface area contributed by atoms with Gasteiger partial charge in [0, 0.05) is 17.1 Å². The molecule has 0 radical (unpaired) electrons. The Bertz CT molecular complexity index is 1300. The highest BCUT2D eigenvalue weighted by Crippen LogP contribution is 2.44. The Balaban J connectivity index is 1.66. The number of hydrogen-bond acceptors (Lipinski definition) is 8. The number of aliphatic hydroxyl groups excluding tert-OH is 1. The number of hydrogen-bond donors (Lipinski definition) is 1. The van der Waals surface area contributed by atoms with Crippen LogP contribution in [0.3, 0.4) is 0 Å². The van der Waals surface area contributed by atoms with E-state index in [0.29, 0.717) is 53.3 Å². The van der Waals surface area contributed by atoms with Crippen molar-refractivity contribution in [2.24, 2.45) is 0 Å². The predicted molar refractivity (Wildman–Crippen MR) is 126 cm³/mol. The average molecular weight is 477 g/mol. The lowest BCUT2D eigenvalue weighted by atomic mass is 9.95. The molecule has 34 heavy (non-hydrogen) atoms. The van der Waals surface area contributed by atoms with Gasteiger partial charge in [0.15, 0.2) is 16.6 Å². The molecule has 1 amide bonds. The minimum Gasteiger partial charge on any atom is -0.507 e. The van der Waals surface area contributed by atoms with Crippen LogP contribution in [0.5, 0.6) is 17.2 Å². The Morgan fingerprint density at radius 1 is 1.21 bits per heavy atom. The molecule has 0 unspecified atom stereocenters. The number of anilines is 1. The summed E-state index contributed by atoms with van der Waals surface area (Å²) in [5.74, 6) is -0.324. The number of nitrogens with zero attached hydrogens (tertiary/aromatic N) is 2. The number of fused-ring (bicyclic) bond motifs is 1. The fourth-order valence-electron chi connectivity index (χ4n) is 3.96. The van der Waals surface area contributed by atoms with Gasteiger partial charge in [-0.25, -0.2) is 4.98 Å². The number of aromatic nitrogens is 1. The largest absolute Gasteiger partial charge is 0.507 e. The topological polar surface area (TPSA) is 98.2 Å². The van der Waals surface area contributed by atoms with Crippen molar-refractivity contribution in [2.75, 3.05) is 24.7 Å². The molecule has 1 saturated heterocycles. The van der Waals surface area contributed by atoms with Gasteiger partial charge in [-0.05, 0) is 35.9 Å².